The van der Waals surface area contributed by atoms with Gasteiger partial charge in [0.2, 0.25) is 0 Å². The maximum atomic E-state index is 12.9. The van der Waals surface area contributed by atoms with Crippen LogP contribution in [0.5, 0.6) is 0 Å². The molecular formula is C9H9BrFNO2. The molecule has 1 rings (SSSR count). The standard InChI is InChI=1S/C9H9BrFNO2/c1-2-14-12-9(13)6-3-7(10)5-8(11)4-6/h3-5H,2H2,1H3,(H,12,13). The predicted octanol–water partition coefficient (Wildman–Crippen LogP) is 2.27. The van der Waals surface area contributed by atoms with Crippen LogP contribution in [0, 0.1) is 5.82 Å². The number of rotatable bonds is 3. The third-order valence-electron chi connectivity index (χ3n) is 1.43. The topological polar surface area (TPSA) is 38.3 Å². The highest BCUT2D eigenvalue weighted by molar-refractivity contribution is 9.10. The smallest absolute Gasteiger partial charge is 0.274 e. The van der Waals surface area contributed by atoms with Gasteiger partial charge in [0.25, 0.3) is 5.91 Å². The predicted molar refractivity (Wildman–Crippen MR) is 53.2 cm³/mol. The van der Waals surface area contributed by atoms with E-state index in [4.69, 9.17) is 4.84 Å². The molecule has 0 fully saturated rings. The fourth-order valence-electron chi connectivity index (χ4n) is 0.882. The van der Waals surface area contributed by atoms with Gasteiger partial charge in [-0.25, -0.2) is 9.87 Å². The van der Waals surface area contributed by atoms with Gasteiger partial charge in [0.05, 0.1) is 6.61 Å². The summed E-state index contributed by atoms with van der Waals surface area (Å²) in [5, 5.41) is 0. The van der Waals surface area contributed by atoms with E-state index >= 15 is 0 Å². The highest BCUT2D eigenvalue weighted by atomic mass is 79.9. The average molecular weight is 262 g/mol. The average Bonchev–Trinajstić information content (AvgIpc) is 2.12. The molecule has 3 nitrogen and oxygen atoms in total. The number of carbonyl (C=O) groups is 1. The van der Waals surface area contributed by atoms with Gasteiger partial charge >= 0.3 is 0 Å². The zero-order valence-corrected chi connectivity index (χ0v) is 9.10. The highest BCUT2D eigenvalue weighted by Crippen LogP contribution is 2.14. The van der Waals surface area contributed by atoms with Crippen LogP contribution < -0.4 is 5.48 Å². The zero-order chi connectivity index (χ0) is 10.6. The van der Waals surface area contributed by atoms with E-state index < -0.39 is 11.7 Å². The summed E-state index contributed by atoms with van der Waals surface area (Å²) in [5.41, 5.74) is 2.39. The summed E-state index contributed by atoms with van der Waals surface area (Å²) >= 11 is 3.09. The minimum atomic E-state index is -0.471. The molecule has 0 aliphatic rings. The van der Waals surface area contributed by atoms with Crippen molar-refractivity contribution in [2.45, 2.75) is 6.92 Å². The van der Waals surface area contributed by atoms with Crippen LogP contribution >= 0.6 is 15.9 Å². The van der Waals surface area contributed by atoms with Crippen molar-refractivity contribution in [3.05, 3.63) is 34.1 Å². The second kappa shape index (κ2) is 5.07. The van der Waals surface area contributed by atoms with Crippen LogP contribution in [-0.4, -0.2) is 12.5 Å². The molecular weight excluding hydrogens is 253 g/mol. The van der Waals surface area contributed by atoms with E-state index in [1.807, 2.05) is 0 Å². The Labute approximate surface area is 89.3 Å². The van der Waals surface area contributed by atoms with Crippen molar-refractivity contribution in [1.82, 2.24) is 5.48 Å². The number of hydrogen-bond donors (Lipinski definition) is 1. The first-order valence-electron chi connectivity index (χ1n) is 4.01. The summed E-state index contributed by atoms with van der Waals surface area (Å²) in [6.07, 6.45) is 0. The Morgan fingerprint density at radius 2 is 2.29 bits per heavy atom. The molecule has 0 heterocycles. The Hall–Kier alpha value is -0.940. The minimum Gasteiger partial charge on any atom is -0.274 e. The van der Waals surface area contributed by atoms with Gasteiger partial charge in [0, 0.05) is 10.0 Å². The number of amides is 1. The zero-order valence-electron chi connectivity index (χ0n) is 7.51. The summed E-state index contributed by atoms with van der Waals surface area (Å²) in [6, 6.07) is 3.92. The maximum absolute atomic E-state index is 12.9. The van der Waals surface area contributed by atoms with E-state index in [0.717, 1.165) is 6.07 Å². The van der Waals surface area contributed by atoms with Crippen LogP contribution in [0.1, 0.15) is 17.3 Å². The fourth-order valence-corrected chi connectivity index (χ4v) is 1.35. The normalized spacial score (nSPS) is 9.93. The summed E-state index contributed by atoms with van der Waals surface area (Å²) in [4.78, 5) is 16.0. The molecule has 1 aromatic carbocycles. The first-order chi connectivity index (χ1) is 6.63. The van der Waals surface area contributed by atoms with Crippen LogP contribution in [0.2, 0.25) is 0 Å². The fraction of sp³-hybridized carbons (Fsp3) is 0.222. The third-order valence-corrected chi connectivity index (χ3v) is 1.89. The molecule has 0 saturated carbocycles. The molecule has 1 N–H and O–H groups in total. The monoisotopic (exact) mass is 261 g/mol. The summed E-state index contributed by atoms with van der Waals surface area (Å²) < 4.78 is 13.4. The molecule has 5 heteroatoms. The van der Waals surface area contributed by atoms with Crippen molar-refractivity contribution < 1.29 is 14.0 Å². The van der Waals surface area contributed by atoms with Crippen molar-refractivity contribution in [1.29, 1.82) is 0 Å². The second-order valence-electron chi connectivity index (χ2n) is 2.52. The van der Waals surface area contributed by atoms with Crippen LogP contribution in [0.3, 0.4) is 0 Å². The molecule has 0 spiro atoms. The number of halogens is 2. The number of carbonyl (C=O) groups excluding carboxylic acids is 1. The van der Waals surface area contributed by atoms with Gasteiger partial charge < -0.3 is 0 Å². The third kappa shape index (κ3) is 3.08. The van der Waals surface area contributed by atoms with E-state index in [1.165, 1.54) is 12.1 Å². The van der Waals surface area contributed by atoms with Crippen LogP contribution in [0.15, 0.2) is 22.7 Å². The van der Waals surface area contributed by atoms with Gasteiger partial charge in [-0.15, -0.1) is 0 Å². The van der Waals surface area contributed by atoms with Gasteiger partial charge in [0.1, 0.15) is 5.82 Å². The molecule has 0 radical (unpaired) electrons. The minimum absolute atomic E-state index is 0.213. The van der Waals surface area contributed by atoms with Gasteiger partial charge in [-0.05, 0) is 25.1 Å². The maximum Gasteiger partial charge on any atom is 0.274 e. The van der Waals surface area contributed by atoms with Crippen LogP contribution in [0.25, 0.3) is 0 Å². The molecule has 0 aliphatic heterocycles. The lowest BCUT2D eigenvalue weighted by atomic mass is 10.2. The van der Waals surface area contributed by atoms with E-state index in [2.05, 4.69) is 21.4 Å². The Morgan fingerprint density at radius 3 is 2.86 bits per heavy atom. The Bertz CT molecular complexity index is 323. The van der Waals surface area contributed by atoms with E-state index in [-0.39, 0.29) is 5.56 Å². The van der Waals surface area contributed by atoms with Crippen molar-refractivity contribution >= 4 is 21.8 Å². The lowest BCUT2D eigenvalue weighted by molar-refractivity contribution is 0.0364. The molecule has 0 saturated heterocycles. The first kappa shape index (κ1) is 11.1. The number of benzene rings is 1. The number of nitrogens with one attached hydrogen (secondary N) is 1. The molecule has 0 aliphatic carbocycles. The van der Waals surface area contributed by atoms with Crippen molar-refractivity contribution in [2.75, 3.05) is 6.61 Å². The molecule has 0 atom stereocenters. The van der Waals surface area contributed by atoms with Crippen LogP contribution in [0.4, 0.5) is 4.39 Å². The molecule has 0 bridgehead atoms. The van der Waals surface area contributed by atoms with Gasteiger partial charge in [-0.3, -0.25) is 9.63 Å². The van der Waals surface area contributed by atoms with Crippen molar-refractivity contribution in [2.24, 2.45) is 0 Å². The molecule has 1 aromatic rings. The van der Waals surface area contributed by atoms with E-state index in [9.17, 15) is 9.18 Å². The van der Waals surface area contributed by atoms with Gasteiger partial charge in [-0.2, -0.15) is 0 Å². The summed E-state index contributed by atoms with van der Waals surface area (Å²) in [5.74, 6) is -0.937. The van der Waals surface area contributed by atoms with Gasteiger partial charge in [0.15, 0.2) is 0 Å². The van der Waals surface area contributed by atoms with E-state index in [1.54, 1.807) is 6.92 Å². The highest BCUT2D eigenvalue weighted by Gasteiger charge is 2.07. The Balaban J connectivity index is 2.79. The lowest BCUT2D eigenvalue weighted by Crippen LogP contribution is -2.23. The number of hydrogen-bond acceptors (Lipinski definition) is 2. The first-order valence-corrected chi connectivity index (χ1v) is 4.81. The Morgan fingerprint density at radius 1 is 1.57 bits per heavy atom. The number of hydroxylamine groups is 1. The molecule has 0 aromatic heterocycles. The van der Waals surface area contributed by atoms with Gasteiger partial charge in [-0.1, -0.05) is 15.9 Å². The molecule has 1 amide bonds. The SMILES string of the molecule is CCONC(=O)c1cc(F)cc(Br)c1. The molecule has 14 heavy (non-hydrogen) atoms. The van der Waals surface area contributed by atoms with Crippen molar-refractivity contribution in [3.63, 3.8) is 0 Å². The summed E-state index contributed by atoms with van der Waals surface area (Å²) in [7, 11) is 0. The molecule has 0 unspecified atom stereocenters. The Kier molecular flexibility index (Phi) is 4.03. The van der Waals surface area contributed by atoms with Crippen LogP contribution in [-0.2, 0) is 4.84 Å². The largest absolute Gasteiger partial charge is 0.274 e. The van der Waals surface area contributed by atoms with Crippen molar-refractivity contribution in [3.8, 4) is 0 Å². The quantitative estimate of drug-likeness (QED) is 0.848. The van der Waals surface area contributed by atoms with E-state index in [0.29, 0.717) is 11.1 Å². The second-order valence-corrected chi connectivity index (χ2v) is 3.44. The summed E-state index contributed by atoms with van der Waals surface area (Å²) in [6.45, 7) is 2.10. The molecule has 76 valence electrons. The lowest BCUT2D eigenvalue weighted by Gasteiger charge is -2.04.